The molecule has 2 aromatic carbocycles. The number of anilines is 1. The number of hydrogen-bond donors (Lipinski definition) is 1. The van der Waals surface area contributed by atoms with Crippen LogP contribution in [-0.4, -0.2) is 30.2 Å². The van der Waals surface area contributed by atoms with Crippen LogP contribution in [0.15, 0.2) is 45.0 Å². The van der Waals surface area contributed by atoms with E-state index in [2.05, 4.69) is 26.2 Å². The molecule has 0 bridgehead atoms. The minimum Gasteiger partial charge on any atom is -0.395 e. The molecule has 2 rings (SSSR count). The van der Waals surface area contributed by atoms with Crippen molar-refractivity contribution in [3.05, 3.63) is 55.0 Å². The van der Waals surface area contributed by atoms with Crippen LogP contribution < -0.4 is 4.90 Å². The largest absolute Gasteiger partial charge is 0.395 e. The molecule has 0 heterocycles. The zero-order chi connectivity index (χ0) is 18.6. The summed E-state index contributed by atoms with van der Waals surface area (Å²) in [6, 6.07) is 7.69. The first-order valence-corrected chi connectivity index (χ1v) is 8.55. The number of nitro benzene ring substituents is 1. The quantitative estimate of drug-likeness (QED) is 0.359. The molecule has 132 valence electrons. The first-order chi connectivity index (χ1) is 11.8. The Bertz CT molecular complexity index is 809. The van der Waals surface area contributed by atoms with Gasteiger partial charge in [-0.3, -0.25) is 10.1 Å². The lowest BCUT2D eigenvalue weighted by Crippen LogP contribution is -2.20. The van der Waals surface area contributed by atoms with E-state index in [1.807, 2.05) is 11.9 Å². The summed E-state index contributed by atoms with van der Waals surface area (Å²) in [5.74, 6) is 0. The number of aliphatic hydroxyl groups is 1. The van der Waals surface area contributed by atoms with Gasteiger partial charge in [0.1, 0.15) is 11.4 Å². The van der Waals surface area contributed by atoms with Gasteiger partial charge in [0.2, 0.25) is 0 Å². The van der Waals surface area contributed by atoms with E-state index in [1.165, 1.54) is 12.1 Å². The zero-order valence-electron chi connectivity index (χ0n) is 13.0. The second-order valence-electron chi connectivity index (χ2n) is 5.00. The fraction of sp³-hybridized carbons (Fsp3) is 0.200. The fourth-order valence-corrected chi connectivity index (χ4v) is 3.06. The van der Waals surface area contributed by atoms with E-state index in [-0.39, 0.29) is 23.0 Å². The molecule has 25 heavy (non-hydrogen) atoms. The van der Waals surface area contributed by atoms with Crippen molar-refractivity contribution >= 4 is 61.9 Å². The summed E-state index contributed by atoms with van der Waals surface area (Å²) in [5, 5.41) is 28.3. The first-order valence-electron chi connectivity index (χ1n) is 7.00. The van der Waals surface area contributed by atoms with Gasteiger partial charge in [-0.05, 0) is 34.1 Å². The average Bonchev–Trinajstić information content (AvgIpc) is 2.55. The van der Waals surface area contributed by atoms with Gasteiger partial charge in [-0.25, -0.2) is 0 Å². The molecule has 0 aliphatic carbocycles. The van der Waals surface area contributed by atoms with Crippen molar-refractivity contribution in [3.8, 4) is 0 Å². The highest BCUT2D eigenvalue weighted by molar-refractivity contribution is 9.10. The van der Waals surface area contributed by atoms with Crippen LogP contribution in [-0.2, 0) is 0 Å². The van der Waals surface area contributed by atoms with E-state index >= 15 is 0 Å². The molecule has 0 radical (unpaired) electrons. The molecule has 7 nitrogen and oxygen atoms in total. The Labute approximate surface area is 162 Å². The first kappa shape index (κ1) is 19.6. The summed E-state index contributed by atoms with van der Waals surface area (Å²) in [7, 11) is 1.83. The van der Waals surface area contributed by atoms with Gasteiger partial charge in [-0.1, -0.05) is 23.2 Å². The van der Waals surface area contributed by atoms with Crippen molar-refractivity contribution in [3.63, 3.8) is 0 Å². The Hall–Kier alpha value is -1.74. The van der Waals surface area contributed by atoms with Crippen LogP contribution in [0, 0.1) is 10.1 Å². The number of benzene rings is 2. The number of nitro groups is 1. The second-order valence-corrected chi connectivity index (χ2v) is 6.66. The maximum absolute atomic E-state index is 10.8. The molecule has 0 aliphatic heterocycles. The maximum Gasteiger partial charge on any atom is 0.272 e. The smallest absolute Gasteiger partial charge is 0.272 e. The maximum atomic E-state index is 10.8. The van der Waals surface area contributed by atoms with Crippen LogP contribution in [0.1, 0.15) is 0 Å². The minimum atomic E-state index is -0.546. The van der Waals surface area contributed by atoms with Crippen LogP contribution >= 0.6 is 39.1 Å². The third kappa shape index (κ3) is 4.88. The van der Waals surface area contributed by atoms with Gasteiger partial charge in [-0.2, -0.15) is 0 Å². The highest BCUT2D eigenvalue weighted by Crippen LogP contribution is 2.39. The topological polar surface area (TPSA) is 91.3 Å². The Morgan fingerprint density at radius 3 is 2.52 bits per heavy atom. The van der Waals surface area contributed by atoms with Crippen LogP contribution in [0.5, 0.6) is 0 Å². The molecule has 0 saturated carbocycles. The Balaban J connectivity index is 2.29. The van der Waals surface area contributed by atoms with Gasteiger partial charge in [-0.15, -0.1) is 10.2 Å². The van der Waals surface area contributed by atoms with Crippen LogP contribution in [0.3, 0.4) is 0 Å². The van der Waals surface area contributed by atoms with Crippen molar-refractivity contribution in [1.29, 1.82) is 0 Å². The van der Waals surface area contributed by atoms with Crippen molar-refractivity contribution in [2.24, 2.45) is 10.2 Å². The van der Waals surface area contributed by atoms with E-state index in [4.69, 9.17) is 28.3 Å². The molecule has 1 N–H and O–H groups in total. The van der Waals surface area contributed by atoms with Crippen molar-refractivity contribution in [1.82, 2.24) is 0 Å². The molecule has 0 aliphatic rings. The van der Waals surface area contributed by atoms with Gasteiger partial charge in [0.25, 0.3) is 5.69 Å². The van der Waals surface area contributed by atoms with E-state index in [1.54, 1.807) is 18.2 Å². The van der Waals surface area contributed by atoms with E-state index in [0.29, 0.717) is 21.7 Å². The van der Waals surface area contributed by atoms with Crippen LogP contribution in [0.2, 0.25) is 10.0 Å². The standard InChI is InChI=1S/C15H13BrCl2N4O3/c1-21(4-5-23)9-2-3-14(12(17)7-9)19-20-15-11(16)6-10(22(24)25)8-13(15)18/h2-3,6-8,23H,4-5H2,1H3/b20-19+. The van der Waals surface area contributed by atoms with Crippen LogP contribution in [0.25, 0.3) is 0 Å². The highest BCUT2D eigenvalue weighted by Gasteiger charge is 2.14. The monoisotopic (exact) mass is 446 g/mol. The normalized spacial score (nSPS) is 11.1. The number of nitrogens with zero attached hydrogens (tertiary/aromatic N) is 4. The number of aliphatic hydroxyl groups excluding tert-OH is 1. The number of likely N-dealkylation sites (N-methyl/N-ethyl adjacent to an activating group) is 1. The van der Waals surface area contributed by atoms with Crippen LogP contribution in [0.4, 0.5) is 22.7 Å². The molecular formula is C15H13BrCl2N4O3. The third-order valence-corrected chi connectivity index (χ3v) is 4.47. The lowest BCUT2D eigenvalue weighted by molar-refractivity contribution is -0.384. The van der Waals surface area contributed by atoms with Crippen molar-refractivity contribution in [2.45, 2.75) is 0 Å². The number of hydrogen-bond acceptors (Lipinski definition) is 6. The molecule has 10 heteroatoms. The van der Waals surface area contributed by atoms with E-state index < -0.39 is 4.92 Å². The number of halogens is 3. The molecular weight excluding hydrogens is 435 g/mol. The zero-order valence-corrected chi connectivity index (χ0v) is 16.1. The fourth-order valence-electron chi connectivity index (χ4n) is 1.95. The summed E-state index contributed by atoms with van der Waals surface area (Å²) in [4.78, 5) is 12.1. The predicted octanol–water partition coefficient (Wildman–Crippen LogP) is 5.51. The van der Waals surface area contributed by atoms with Gasteiger partial charge in [0.15, 0.2) is 0 Å². The molecule has 0 fully saturated rings. The Morgan fingerprint density at radius 2 is 1.96 bits per heavy atom. The summed E-state index contributed by atoms with van der Waals surface area (Å²) < 4.78 is 0.353. The lowest BCUT2D eigenvalue weighted by atomic mass is 10.2. The predicted molar refractivity (Wildman–Crippen MR) is 102 cm³/mol. The average molecular weight is 448 g/mol. The van der Waals surface area contributed by atoms with E-state index in [0.717, 1.165) is 5.69 Å². The molecule has 2 aromatic rings. The molecule has 0 saturated heterocycles. The molecule has 0 amide bonds. The van der Waals surface area contributed by atoms with Gasteiger partial charge >= 0.3 is 0 Å². The third-order valence-electron chi connectivity index (χ3n) is 3.28. The highest BCUT2D eigenvalue weighted by atomic mass is 79.9. The van der Waals surface area contributed by atoms with Gasteiger partial charge in [0, 0.05) is 31.4 Å². The van der Waals surface area contributed by atoms with Crippen molar-refractivity contribution < 1.29 is 10.0 Å². The molecule has 0 aromatic heterocycles. The number of non-ortho nitro benzene ring substituents is 1. The molecule has 0 spiro atoms. The Morgan fingerprint density at radius 1 is 1.24 bits per heavy atom. The lowest BCUT2D eigenvalue weighted by Gasteiger charge is -2.18. The van der Waals surface area contributed by atoms with Crippen molar-refractivity contribution in [2.75, 3.05) is 25.1 Å². The summed E-state index contributed by atoms with van der Waals surface area (Å²) in [6.07, 6.45) is 0. The minimum absolute atomic E-state index is 0.0300. The van der Waals surface area contributed by atoms with E-state index in [9.17, 15) is 10.1 Å². The van der Waals surface area contributed by atoms with Gasteiger partial charge < -0.3 is 10.0 Å². The second kappa shape index (κ2) is 8.57. The number of azo groups is 1. The Kier molecular flexibility index (Phi) is 6.71. The van der Waals surface area contributed by atoms with Gasteiger partial charge in [0.05, 0.1) is 26.0 Å². The summed E-state index contributed by atoms with van der Waals surface area (Å²) in [5.41, 5.74) is 1.37. The summed E-state index contributed by atoms with van der Waals surface area (Å²) in [6.45, 7) is 0.505. The number of rotatable bonds is 6. The molecule has 0 unspecified atom stereocenters. The molecule has 0 atom stereocenters. The SMILES string of the molecule is CN(CCO)c1ccc(/N=N/c2c(Cl)cc([N+](=O)[O-])cc2Br)c(Cl)c1. The summed E-state index contributed by atoms with van der Waals surface area (Å²) >= 11 is 15.4.